The van der Waals surface area contributed by atoms with Gasteiger partial charge < -0.3 is 19.2 Å². The number of likely N-dealkylation sites (tertiary alicyclic amines) is 1. The van der Waals surface area contributed by atoms with E-state index in [0.717, 1.165) is 10.4 Å². The number of halogens is 1. The number of hydrogen-bond donors (Lipinski definition) is 1. The van der Waals surface area contributed by atoms with Crippen LogP contribution in [0.25, 0.3) is 5.76 Å². The minimum atomic E-state index is -0.745. The fraction of sp³-hybridized carbons (Fsp3) is 0.182. The van der Waals surface area contributed by atoms with Gasteiger partial charge in [0.25, 0.3) is 11.7 Å². The number of hydrogen-bond acceptors (Lipinski definition) is 6. The predicted molar refractivity (Wildman–Crippen MR) is 114 cm³/mol. The zero-order valence-corrected chi connectivity index (χ0v) is 17.8. The molecule has 154 valence electrons. The van der Waals surface area contributed by atoms with E-state index in [0.29, 0.717) is 22.1 Å². The van der Waals surface area contributed by atoms with Crippen molar-refractivity contribution in [3.05, 3.63) is 80.4 Å². The quantitative estimate of drug-likeness (QED) is 0.343. The number of carbonyl (C=O) groups is 2. The lowest BCUT2D eigenvalue weighted by Crippen LogP contribution is -2.28. The van der Waals surface area contributed by atoms with Gasteiger partial charge in [0.2, 0.25) is 0 Å². The maximum absolute atomic E-state index is 13.0. The van der Waals surface area contributed by atoms with Crippen LogP contribution in [0.15, 0.2) is 58.0 Å². The van der Waals surface area contributed by atoms with Gasteiger partial charge >= 0.3 is 0 Å². The van der Waals surface area contributed by atoms with Crippen LogP contribution in [0.2, 0.25) is 5.02 Å². The minimum Gasteiger partial charge on any atom is -0.507 e. The van der Waals surface area contributed by atoms with E-state index in [4.69, 9.17) is 20.8 Å². The van der Waals surface area contributed by atoms with E-state index in [1.54, 1.807) is 24.3 Å². The van der Waals surface area contributed by atoms with Crippen LogP contribution < -0.4 is 4.74 Å². The number of rotatable bonds is 5. The van der Waals surface area contributed by atoms with Crippen molar-refractivity contribution >= 4 is 40.4 Å². The lowest BCUT2D eigenvalue weighted by molar-refractivity contribution is -0.140. The van der Waals surface area contributed by atoms with Gasteiger partial charge in [-0.1, -0.05) is 11.6 Å². The molecule has 2 aromatic heterocycles. The van der Waals surface area contributed by atoms with Gasteiger partial charge in [-0.2, -0.15) is 0 Å². The van der Waals surface area contributed by atoms with Crippen molar-refractivity contribution in [2.75, 3.05) is 7.11 Å². The van der Waals surface area contributed by atoms with E-state index >= 15 is 0 Å². The molecule has 1 aromatic carbocycles. The van der Waals surface area contributed by atoms with E-state index in [9.17, 15) is 14.7 Å². The highest BCUT2D eigenvalue weighted by Crippen LogP contribution is 2.43. The molecule has 0 spiro atoms. The predicted octanol–water partition coefficient (Wildman–Crippen LogP) is 4.93. The molecule has 30 heavy (non-hydrogen) atoms. The number of aliphatic hydroxyl groups excluding tert-OH is 1. The molecule has 1 unspecified atom stereocenters. The first-order chi connectivity index (χ1) is 14.4. The fourth-order valence-corrected chi connectivity index (χ4v) is 4.75. The van der Waals surface area contributed by atoms with Gasteiger partial charge in [0.05, 0.1) is 30.5 Å². The van der Waals surface area contributed by atoms with Gasteiger partial charge in [0, 0.05) is 10.4 Å². The molecule has 0 saturated carbocycles. The summed E-state index contributed by atoms with van der Waals surface area (Å²) in [4.78, 5) is 28.2. The molecule has 0 aliphatic carbocycles. The number of amides is 1. The van der Waals surface area contributed by atoms with Crippen molar-refractivity contribution in [2.24, 2.45) is 0 Å². The molecule has 1 atom stereocenters. The molecule has 1 amide bonds. The number of aryl methyl sites for hydroxylation is 1. The molecule has 8 heteroatoms. The Balaban J connectivity index is 1.88. The number of carbonyl (C=O) groups excluding carboxylic acids is 2. The third-order valence-corrected chi connectivity index (χ3v) is 6.40. The van der Waals surface area contributed by atoms with Gasteiger partial charge in [-0.25, -0.2) is 0 Å². The van der Waals surface area contributed by atoms with E-state index in [1.807, 2.05) is 18.4 Å². The second-order valence-electron chi connectivity index (χ2n) is 6.82. The minimum absolute atomic E-state index is 0.0291. The molecule has 3 aromatic rings. The largest absolute Gasteiger partial charge is 0.507 e. The third kappa shape index (κ3) is 3.40. The second kappa shape index (κ2) is 8.01. The van der Waals surface area contributed by atoms with Crippen molar-refractivity contribution in [2.45, 2.75) is 19.5 Å². The zero-order chi connectivity index (χ0) is 21.4. The molecular weight excluding hydrogens is 426 g/mol. The molecule has 6 nitrogen and oxygen atoms in total. The first kappa shape index (κ1) is 20.3. The van der Waals surface area contributed by atoms with Crippen LogP contribution in [0.3, 0.4) is 0 Å². The number of aliphatic hydroxyl groups is 1. The molecule has 0 bridgehead atoms. The molecule has 4 rings (SSSR count). The van der Waals surface area contributed by atoms with Crippen LogP contribution in [0.5, 0.6) is 5.75 Å². The number of Topliss-reactive ketones (excluding diaryl/α,β-unsaturated/α-hetero) is 1. The lowest BCUT2D eigenvalue weighted by atomic mass is 9.98. The summed E-state index contributed by atoms with van der Waals surface area (Å²) in [5.41, 5.74) is 1.30. The summed E-state index contributed by atoms with van der Waals surface area (Å²) in [5, 5.41) is 13.4. The highest BCUT2D eigenvalue weighted by Gasteiger charge is 2.47. The number of methoxy groups -OCH3 is 1. The molecular formula is C22H18ClNO5S. The summed E-state index contributed by atoms with van der Waals surface area (Å²) in [6.07, 6.45) is 1.51. The zero-order valence-electron chi connectivity index (χ0n) is 16.2. The number of nitrogens with zero attached hydrogens (tertiary/aromatic N) is 1. The van der Waals surface area contributed by atoms with Crippen LogP contribution in [-0.4, -0.2) is 28.8 Å². The van der Waals surface area contributed by atoms with Gasteiger partial charge in [-0.15, -0.1) is 11.3 Å². The van der Waals surface area contributed by atoms with E-state index in [1.165, 1.54) is 35.7 Å². The van der Waals surface area contributed by atoms with Crippen LogP contribution in [0.4, 0.5) is 0 Å². The van der Waals surface area contributed by atoms with Crippen LogP contribution in [0, 0.1) is 6.92 Å². The number of furan rings is 1. The highest BCUT2D eigenvalue weighted by molar-refractivity contribution is 7.10. The van der Waals surface area contributed by atoms with Crippen LogP contribution in [0.1, 0.15) is 27.8 Å². The van der Waals surface area contributed by atoms with Crippen LogP contribution >= 0.6 is 22.9 Å². The third-order valence-electron chi connectivity index (χ3n) is 5.02. The van der Waals surface area contributed by atoms with Crippen molar-refractivity contribution in [1.29, 1.82) is 0 Å². The SMILES string of the molecule is COc1cc(/C(O)=C2/C(=O)C(=O)N(Cc3ccco3)C2c2sccc2C)ccc1Cl. The first-order valence-electron chi connectivity index (χ1n) is 9.11. The molecule has 1 aliphatic rings. The number of thiophene rings is 1. The summed E-state index contributed by atoms with van der Waals surface area (Å²) in [6, 6.07) is 9.34. The topological polar surface area (TPSA) is 80.0 Å². The normalized spacial score (nSPS) is 18.2. The maximum Gasteiger partial charge on any atom is 0.296 e. The Morgan fingerprint density at radius 3 is 2.73 bits per heavy atom. The average Bonchev–Trinajstić information content (AvgIpc) is 3.45. The summed E-state index contributed by atoms with van der Waals surface area (Å²) in [5.74, 6) is -0.806. The van der Waals surface area contributed by atoms with Crippen molar-refractivity contribution in [3.8, 4) is 5.75 Å². The molecule has 1 saturated heterocycles. The standard InChI is InChI=1S/C22H18ClNO5S/c1-12-7-9-30-21(12)18-17(19(25)13-5-6-15(23)16(10-13)28-2)20(26)22(27)24(18)11-14-4-3-8-29-14/h3-10,18,25H,11H2,1-2H3/b19-17-. The Bertz CT molecular complexity index is 1150. The van der Waals surface area contributed by atoms with E-state index < -0.39 is 17.7 Å². The summed E-state index contributed by atoms with van der Waals surface area (Å²) < 4.78 is 10.6. The summed E-state index contributed by atoms with van der Waals surface area (Å²) in [6.45, 7) is 2.02. The number of ketones is 1. The molecule has 3 heterocycles. The van der Waals surface area contributed by atoms with Crippen molar-refractivity contribution < 1.29 is 23.8 Å². The monoisotopic (exact) mass is 443 g/mol. The Morgan fingerprint density at radius 2 is 2.10 bits per heavy atom. The smallest absolute Gasteiger partial charge is 0.296 e. The number of benzene rings is 1. The molecule has 1 aliphatic heterocycles. The van der Waals surface area contributed by atoms with Crippen LogP contribution in [-0.2, 0) is 16.1 Å². The molecule has 1 N–H and O–H groups in total. The lowest BCUT2D eigenvalue weighted by Gasteiger charge is -2.24. The van der Waals surface area contributed by atoms with Gasteiger partial charge in [-0.3, -0.25) is 9.59 Å². The summed E-state index contributed by atoms with van der Waals surface area (Å²) >= 11 is 7.51. The maximum atomic E-state index is 13.0. The Morgan fingerprint density at radius 1 is 1.30 bits per heavy atom. The van der Waals surface area contributed by atoms with E-state index in [-0.39, 0.29) is 17.9 Å². The van der Waals surface area contributed by atoms with Gasteiger partial charge in [0.15, 0.2) is 0 Å². The van der Waals surface area contributed by atoms with E-state index in [2.05, 4.69) is 0 Å². The second-order valence-corrected chi connectivity index (χ2v) is 8.18. The Hall–Kier alpha value is -3.03. The van der Waals surface area contributed by atoms with Crippen molar-refractivity contribution in [3.63, 3.8) is 0 Å². The average molecular weight is 444 g/mol. The number of ether oxygens (including phenoxy) is 1. The molecule has 1 fully saturated rings. The molecule has 0 radical (unpaired) electrons. The van der Waals surface area contributed by atoms with Gasteiger partial charge in [0.1, 0.15) is 23.3 Å². The fourth-order valence-electron chi connectivity index (χ4n) is 3.51. The Kier molecular flexibility index (Phi) is 5.40. The van der Waals surface area contributed by atoms with Gasteiger partial charge in [-0.05, 0) is 54.3 Å². The highest BCUT2D eigenvalue weighted by atomic mass is 35.5. The summed E-state index contributed by atoms with van der Waals surface area (Å²) in [7, 11) is 1.46. The van der Waals surface area contributed by atoms with Crippen molar-refractivity contribution in [1.82, 2.24) is 4.90 Å². The Labute approximate surface area is 181 Å². The first-order valence-corrected chi connectivity index (χ1v) is 10.4.